The third-order valence-electron chi connectivity index (χ3n) is 6.82. The summed E-state index contributed by atoms with van der Waals surface area (Å²) in [4.78, 5) is 19.0. The Kier molecular flexibility index (Phi) is 7.53. The van der Waals surface area contributed by atoms with Gasteiger partial charge in [-0.2, -0.15) is 13.2 Å². The Morgan fingerprint density at radius 3 is 2.69 bits per heavy atom. The van der Waals surface area contributed by atoms with Crippen LogP contribution in [0.1, 0.15) is 46.1 Å². The van der Waals surface area contributed by atoms with Gasteiger partial charge in [-0.25, -0.2) is 4.39 Å². The number of hydrogen-bond donors (Lipinski definition) is 2. The number of thioether (sulfide) groups is 1. The minimum absolute atomic E-state index is 0.0684. The summed E-state index contributed by atoms with van der Waals surface area (Å²) in [6, 6.07) is 11.5. The van der Waals surface area contributed by atoms with Gasteiger partial charge in [0.05, 0.1) is 13.2 Å². The number of aromatic nitrogens is 1. The molecule has 1 aliphatic heterocycles. The van der Waals surface area contributed by atoms with Crippen LogP contribution >= 0.6 is 11.8 Å². The molecule has 1 saturated carbocycles. The fourth-order valence-electron chi connectivity index (χ4n) is 4.75. The van der Waals surface area contributed by atoms with E-state index < -0.39 is 29.6 Å². The Balaban J connectivity index is 1.52. The first-order valence-electron chi connectivity index (χ1n) is 12.4. The smallest absolute Gasteiger partial charge is 0.433 e. The minimum atomic E-state index is -4.68. The Morgan fingerprint density at radius 2 is 2.03 bits per heavy atom. The number of carbonyl (C=O) groups is 1. The molecule has 39 heavy (non-hydrogen) atoms. The zero-order chi connectivity index (χ0) is 27.7. The van der Waals surface area contributed by atoms with Gasteiger partial charge in [0.1, 0.15) is 0 Å². The fourth-order valence-corrected chi connectivity index (χ4v) is 5.59. The van der Waals surface area contributed by atoms with Crippen LogP contribution in [0.4, 0.5) is 17.6 Å². The number of ether oxygens (including phenoxy) is 1. The summed E-state index contributed by atoms with van der Waals surface area (Å²) in [5, 5.41) is 11.5. The Labute approximate surface area is 227 Å². The van der Waals surface area contributed by atoms with Gasteiger partial charge in [-0.15, -0.1) is 0 Å². The molecule has 2 heterocycles. The van der Waals surface area contributed by atoms with E-state index >= 15 is 0 Å². The van der Waals surface area contributed by atoms with E-state index in [4.69, 9.17) is 10.1 Å². The van der Waals surface area contributed by atoms with Crippen LogP contribution in [0.5, 0.6) is 5.75 Å². The lowest BCUT2D eigenvalue weighted by Crippen LogP contribution is -2.30. The molecule has 2 aliphatic rings. The highest BCUT2D eigenvalue weighted by Gasteiger charge is 2.36. The standard InChI is InChI=1S/C28H26F4N4O2S/c1-38-23-14-18(6-7-22(23)29)24(17-4-5-17)35-26(37)20-12-16(15-36-9-10-39-27(36)33)11-19(13-20)21-3-2-8-34-25(21)28(30,31)32/h2-3,6-8,11-14,17,24,33H,4-5,9-10,15H2,1H3,(H,35,37)/t24-/m0/s1. The van der Waals surface area contributed by atoms with E-state index in [2.05, 4.69) is 10.3 Å². The molecule has 1 saturated heterocycles. The molecule has 2 fully saturated rings. The molecule has 2 aromatic carbocycles. The molecule has 1 aromatic heterocycles. The second-order valence-corrected chi connectivity index (χ2v) is 10.7. The molecule has 3 aromatic rings. The van der Waals surface area contributed by atoms with Crippen molar-refractivity contribution < 1.29 is 27.1 Å². The van der Waals surface area contributed by atoms with Gasteiger partial charge in [0.25, 0.3) is 5.91 Å². The molecule has 2 N–H and O–H groups in total. The number of rotatable bonds is 8. The van der Waals surface area contributed by atoms with Crippen LogP contribution in [0.25, 0.3) is 11.1 Å². The van der Waals surface area contributed by atoms with Crippen LogP contribution in [0, 0.1) is 17.1 Å². The Morgan fingerprint density at radius 1 is 1.23 bits per heavy atom. The molecule has 0 bridgehead atoms. The first-order valence-corrected chi connectivity index (χ1v) is 13.4. The minimum Gasteiger partial charge on any atom is -0.494 e. The molecular weight excluding hydrogens is 532 g/mol. The van der Waals surface area contributed by atoms with E-state index in [-0.39, 0.29) is 34.9 Å². The number of pyridine rings is 1. The SMILES string of the molecule is COc1cc([C@@H](NC(=O)c2cc(CN3CCSC3=N)cc(-c3cccnc3C(F)(F)F)c2)C2CC2)ccc1F. The van der Waals surface area contributed by atoms with Crippen molar-refractivity contribution in [1.82, 2.24) is 15.2 Å². The van der Waals surface area contributed by atoms with Crippen molar-refractivity contribution in [1.29, 1.82) is 5.41 Å². The quantitative estimate of drug-likeness (QED) is 0.318. The Hall–Kier alpha value is -3.60. The van der Waals surface area contributed by atoms with E-state index in [1.54, 1.807) is 24.3 Å². The highest BCUT2D eigenvalue weighted by Crippen LogP contribution is 2.42. The van der Waals surface area contributed by atoms with Crippen LogP contribution < -0.4 is 10.1 Å². The lowest BCUT2D eigenvalue weighted by molar-refractivity contribution is -0.140. The molecule has 6 nitrogen and oxygen atoms in total. The average molecular weight is 559 g/mol. The molecule has 0 spiro atoms. The van der Waals surface area contributed by atoms with Gasteiger partial charge >= 0.3 is 6.18 Å². The highest BCUT2D eigenvalue weighted by atomic mass is 32.2. The third kappa shape index (κ3) is 6.03. The van der Waals surface area contributed by atoms with Crippen molar-refractivity contribution in [3.05, 3.63) is 82.9 Å². The molecule has 0 radical (unpaired) electrons. The summed E-state index contributed by atoms with van der Waals surface area (Å²) in [6.45, 7) is 0.912. The summed E-state index contributed by atoms with van der Waals surface area (Å²) in [5.74, 6) is 0.00299. The number of alkyl halides is 3. The summed E-state index contributed by atoms with van der Waals surface area (Å²) >= 11 is 1.40. The van der Waals surface area contributed by atoms with E-state index in [0.717, 1.165) is 24.8 Å². The van der Waals surface area contributed by atoms with Gasteiger partial charge in [0.15, 0.2) is 22.4 Å². The second kappa shape index (κ2) is 10.9. The summed E-state index contributed by atoms with van der Waals surface area (Å²) in [6.07, 6.45) is -1.82. The molecule has 1 amide bonds. The fraction of sp³-hybridized carbons (Fsp3) is 0.321. The van der Waals surface area contributed by atoms with E-state index in [0.29, 0.717) is 22.8 Å². The van der Waals surface area contributed by atoms with E-state index in [1.165, 1.54) is 43.1 Å². The summed E-state index contributed by atoms with van der Waals surface area (Å²) in [5.41, 5.74) is 0.532. The summed E-state index contributed by atoms with van der Waals surface area (Å²) < 4.78 is 60.5. The number of nitrogens with zero attached hydrogens (tertiary/aromatic N) is 2. The molecule has 1 aliphatic carbocycles. The topological polar surface area (TPSA) is 78.3 Å². The number of halogens is 4. The van der Waals surface area contributed by atoms with Crippen molar-refractivity contribution in [3.63, 3.8) is 0 Å². The van der Waals surface area contributed by atoms with Gasteiger partial charge < -0.3 is 15.0 Å². The zero-order valence-electron chi connectivity index (χ0n) is 21.0. The largest absolute Gasteiger partial charge is 0.494 e. The van der Waals surface area contributed by atoms with Crippen LogP contribution in [-0.2, 0) is 12.7 Å². The molecule has 1 atom stereocenters. The van der Waals surface area contributed by atoms with Crippen LogP contribution in [0.2, 0.25) is 0 Å². The van der Waals surface area contributed by atoms with Gasteiger partial charge in [0, 0.05) is 36.2 Å². The van der Waals surface area contributed by atoms with Crippen molar-refractivity contribution >= 4 is 22.8 Å². The van der Waals surface area contributed by atoms with Crippen LogP contribution in [-0.4, -0.2) is 40.4 Å². The lowest BCUT2D eigenvalue weighted by atomic mass is 9.96. The highest BCUT2D eigenvalue weighted by molar-refractivity contribution is 8.14. The van der Waals surface area contributed by atoms with Crippen molar-refractivity contribution in [2.75, 3.05) is 19.4 Å². The maximum atomic E-state index is 14.0. The predicted octanol–water partition coefficient (Wildman–Crippen LogP) is 6.28. The number of amides is 1. The normalized spacial score (nSPS) is 16.3. The van der Waals surface area contributed by atoms with Gasteiger partial charge in [-0.3, -0.25) is 15.2 Å². The zero-order valence-corrected chi connectivity index (χ0v) is 21.8. The molecule has 204 valence electrons. The lowest BCUT2D eigenvalue weighted by Gasteiger charge is -2.22. The van der Waals surface area contributed by atoms with Gasteiger partial charge in [0.2, 0.25) is 0 Å². The first-order chi connectivity index (χ1) is 18.6. The molecule has 0 unspecified atom stereocenters. The summed E-state index contributed by atoms with van der Waals surface area (Å²) in [7, 11) is 1.37. The Bertz CT molecular complexity index is 1410. The third-order valence-corrected chi connectivity index (χ3v) is 7.74. The van der Waals surface area contributed by atoms with Crippen LogP contribution in [0.15, 0.2) is 54.7 Å². The first kappa shape index (κ1) is 27.0. The molecule has 11 heteroatoms. The predicted molar refractivity (Wildman–Crippen MR) is 141 cm³/mol. The number of hydrogen-bond acceptors (Lipinski definition) is 5. The van der Waals surface area contributed by atoms with Crippen LogP contribution in [0.3, 0.4) is 0 Å². The maximum Gasteiger partial charge on any atom is 0.433 e. The van der Waals surface area contributed by atoms with Crippen molar-refractivity contribution in [3.8, 4) is 16.9 Å². The second-order valence-electron chi connectivity index (χ2n) is 9.57. The number of amidine groups is 1. The van der Waals surface area contributed by atoms with Gasteiger partial charge in [-0.05, 0) is 71.8 Å². The monoisotopic (exact) mass is 558 g/mol. The van der Waals surface area contributed by atoms with E-state index in [1.807, 2.05) is 4.90 Å². The maximum absolute atomic E-state index is 14.0. The number of benzene rings is 2. The number of nitrogens with one attached hydrogen (secondary N) is 2. The number of carbonyl (C=O) groups excluding carboxylic acids is 1. The molecular formula is C28H26F4N4O2S. The van der Waals surface area contributed by atoms with Crippen molar-refractivity contribution in [2.45, 2.75) is 31.6 Å². The van der Waals surface area contributed by atoms with Crippen molar-refractivity contribution in [2.24, 2.45) is 5.92 Å². The average Bonchev–Trinajstić information content (AvgIpc) is 3.68. The van der Waals surface area contributed by atoms with E-state index in [9.17, 15) is 22.4 Å². The number of methoxy groups -OCH3 is 1. The van der Waals surface area contributed by atoms with Gasteiger partial charge in [-0.1, -0.05) is 23.9 Å². The molecule has 5 rings (SSSR count).